The second-order valence-corrected chi connectivity index (χ2v) is 11.1. The zero-order chi connectivity index (χ0) is 17.4. The highest BCUT2D eigenvalue weighted by Crippen LogP contribution is 2.30. The average Bonchev–Trinajstić information content (AvgIpc) is 2.81. The van der Waals surface area contributed by atoms with Crippen LogP contribution in [-0.4, -0.2) is 30.1 Å². The van der Waals surface area contributed by atoms with Crippen LogP contribution >= 0.6 is 27.3 Å². The molecule has 0 radical (unpaired) electrons. The number of hydrogen-bond acceptors (Lipinski definition) is 6. The molecule has 0 unspecified atom stereocenters. The van der Waals surface area contributed by atoms with E-state index in [4.69, 9.17) is 5.14 Å². The number of nitrogens with zero attached hydrogens (tertiary/aromatic N) is 1. The molecule has 2 aromatic rings. The minimum Gasteiger partial charge on any atom is -0.368 e. The maximum atomic E-state index is 12.0. The molecule has 2 rings (SSSR count). The van der Waals surface area contributed by atoms with Gasteiger partial charge < -0.3 is 4.90 Å². The van der Waals surface area contributed by atoms with Gasteiger partial charge in [0.15, 0.2) is 9.84 Å². The molecule has 0 saturated heterocycles. The summed E-state index contributed by atoms with van der Waals surface area (Å²) in [5.41, 5.74) is 0.421. The lowest BCUT2D eigenvalue weighted by Crippen LogP contribution is -2.20. The summed E-state index contributed by atoms with van der Waals surface area (Å²) < 4.78 is 47.9. The molecule has 0 aliphatic rings. The minimum atomic E-state index is -3.97. The quantitative estimate of drug-likeness (QED) is 0.771. The van der Waals surface area contributed by atoms with Crippen molar-refractivity contribution in [3.63, 3.8) is 0 Å². The third-order valence-electron chi connectivity index (χ3n) is 3.09. The summed E-state index contributed by atoms with van der Waals surface area (Å²) >= 11 is 4.92. The normalized spacial score (nSPS) is 12.3. The van der Waals surface area contributed by atoms with E-state index in [2.05, 4.69) is 15.9 Å². The van der Waals surface area contributed by atoms with Crippen LogP contribution in [-0.2, 0) is 26.4 Å². The van der Waals surface area contributed by atoms with Crippen LogP contribution in [0.15, 0.2) is 43.9 Å². The Morgan fingerprint density at radius 2 is 1.83 bits per heavy atom. The van der Waals surface area contributed by atoms with Crippen molar-refractivity contribution in [3.05, 3.63) is 39.0 Å². The topological polar surface area (TPSA) is 97.5 Å². The van der Waals surface area contributed by atoms with E-state index >= 15 is 0 Å². The highest BCUT2D eigenvalue weighted by molar-refractivity contribution is 9.11. The molecular weight excluding hydrogens is 424 g/mol. The van der Waals surface area contributed by atoms with Crippen molar-refractivity contribution in [2.24, 2.45) is 5.14 Å². The van der Waals surface area contributed by atoms with E-state index in [1.54, 1.807) is 23.3 Å². The summed E-state index contributed by atoms with van der Waals surface area (Å²) in [7, 11) is -5.84. The van der Waals surface area contributed by atoms with E-state index < -0.39 is 19.9 Å². The SMILES string of the molecule is CN(Cc1ccc(Br)s1)c1ccc(S(N)(=O)=O)cc1S(C)(=O)=O. The first-order chi connectivity index (χ1) is 10.5. The van der Waals surface area contributed by atoms with Crippen LogP contribution in [0.4, 0.5) is 5.69 Å². The third kappa shape index (κ3) is 4.54. The third-order valence-corrected chi connectivity index (χ3v) is 6.74. The molecule has 0 atom stereocenters. The molecule has 6 nitrogen and oxygen atoms in total. The van der Waals surface area contributed by atoms with Crippen LogP contribution in [0.3, 0.4) is 0 Å². The number of primary sulfonamides is 1. The maximum absolute atomic E-state index is 12.0. The van der Waals surface area contributed by atoms with Gasteiger partial charge in [-0.3, -0.25) is 0 Å². The number of rotatable bonds is 5. The fourth-order valence-corrected chi connectivity index (χ4v) is 5.14. The zero-order valence-electron chi connectivity index (χ0n) is 12.4. The van der Waals surface area contributed by atoms with Crippen LogP contribution in [0.1, 0.15) is 4.88 Å². The molecule has 0 saturated carbocycles. The number of hydrogen-bond donors (Lipinski definition) is 1. The van der Waals surface area contributed by atoms with Crippen molar-refractivity contribution in [3.8, 4) is 0 Å². The Labute approximate surface area is 148 Å². The molecule has 1 aromatic heterocycles. The molecule has 0 aliphatic carbocycles. The number of thiophene rings is 1. The Morgan fingerprint density at radius 3 is 2.30 bits per heavy atom. The van der Waals surface area contributed by atoms with Crippen molar-refractivity contribution in [1.29, 1.82) is 0 Å². The highest BCUT2D eigenvalue weighted by atomic mass is 79.9. The zero-order valence-corrected chi connectivity index (χ0v) is 16.4. The number of nitrogens with two attached hydrogens (primary N) is 1. The summed E-state index contributed by atoms with van der Waals surface area (Å²) in [6.07, 6.45) is 1.04. The number of benzene rings is 1. The lowest BCUT2D eigenvalue weighted by molar-refractivity contribution is 0.597. The summed E-state index contributed by atoms with van der Waals surface area (Å²) in [6, 6.07) is 7.71. The van der Waals surface area contributed by atoms with Crippen molar-refractivity contribution >= 4 is 52.8 Å². The number of sulfone groups is 1. The van der Waals surface area contributed by atoms with Crippen molar-refractivity contribution in [2.75, 3.05) is 18.2 Å². The first-order valence-corrected chi connectivity index (χ1v) is 11.4. The molecular formula is C13H15BrN2O4S3. The Bertz CT molecular complexity index is 936. The van der Waals surface area contributed by atoms with Gasteiger partial charge in [-0.05, 0) is 46.3 Å². The van der Waals surface area contributed by atoms with Gasteiger partial charge in [-0.25, -0.2) is 22.0 Å². The van der Waals surface area contributed by atoms with E-state index in [1.807, 2.05) is 12.1 Å². The van der Waals surface area contributed by atoms with Crippen LogP contribution in [0.2, 0.25) is 0 Å². The number of halogens is 1. The fourth-order valence-electron chi connectivity index (χ4n) is 2.04. The number of anilines is 1. The summed E-state index contributed by atoms with van der Waals surface area (Å²) in [6.45, 7) is 0.494. The molecule has 0 spiro atoms. The van der Waals surface area contributed by atoms with Gasteiger partial charge in [-0.1, -0.05) is 0 Å². The van der Waals surface area contributed by atoms with Crippen molar-refractivity contribution in [2.45, 2.75) is 16.3 Å². The maximum Gasteiger partial charge on any atom is 0.238 e. The number of sulfonamides is 1. The molecule has 1 aromatic carbocycles. The largest absolute Gasteiger partial charge is 0.368 e. The fraction of sp³-hybridized carbons (Fsp3) is 0.231. The standard InChI is InChI=1S/C13H15BrN2O4S3/c1-16(8-9-3-6-13(14)21-9)11-5-4-10(23(15,19)20)7-12(11)22(2,17)18/h3-7H,8H2,1-2H3,(H2,15,19,20). The van der Waals surface area contributed by atoms with Crippen molar-refractivity contribution in [1.82, 2.24) is 0 Å². The average molecular weight is 439 g/mol. The highest BCUT2D eigenvalue weighted by Gasteiger charge is 2.20. The minimum absolute atomic E-state index is 0.0675. The predicted molar refractivity (Wildman–Crippen MR) is 95.1 cm³/mol. The lowest BCUT2D eigenvalue weighted by atomic mass is 10.3. The van der Waals surface area contributed by atoms with Gasteiger partial charge in [0.1, 0.15) is 0 Å². The molecule has 23 heavy (non-hydrogen) atoms. The predicted octanol–water partition coefficient (Wildman–Crippen LogP) is 2.20. The second kappa shape index (κ2) is 6.52. The van der Waals surface area contributed by atoms with Crippen molar-refractivity contribution < 1.29 is 16.8 Å². The van der Waals surface area contributed by atoms with Gasteiger partial charge >= 0.3 is 0 Å². The molecule has 1 heterocycles. The van der Waals surface area contributed by atoms with Gasteiger partial charge in [0.2, 0.25) is 10.0 Å². The molecule has 0 fully saturated rings. The van der Waals surface area contributed by atoms with Gasteiger partial charge in [-0.2, -0.15) is 0 Å². The lowest BCUT2D eigenvalue weighted by Gasteiger charge is -2.21. The van der Waals surface area contributed by atoms with E-state index in [0.717, 1.165) is 21.0 Å². The summed E-state index contributed by atoms with van der Waals surface area (Å²) in [5, 5.41) is 5.08. The molecule has 2 N–H and O–H groups in total. The van der Waals surface area contributed by atoms with Crippen LogP contribution in [0, 0.1) is 0 Å². The molecule has 0 bridgehead atoms. The molecule has 0 amide bonds. The van der Waals surface area contributed by atoms with Gasteiger partial charge in [0, 0.05) is 18.2 Å². The Hall–Kier alpha value is -0.940. The second-order valence-electron chi connectivity index (χ2n) is 5.01. The monoisotopic (exact) mass is 438 g/mol. The van der Waals surface area contributed by atoms with Crippen LogP contribution < -0.4 is 10.0 Å². The van der Waals surface area contributed by atoms with E-state index in [9.17, 15) is 16.8 Å². The smallest absolute Gasteiger partial charge is 0.238 e. The van der Waals surface area contributed by atoms with Gasteiger partial charge in [0.05, 0.1) is 25.8 Å². The molecule has 0 aliphatic heterocycles. The first kappa shape index (κ1) is 18.4. The van der Waals surface area contributed by atoms with Crippen LogP contribution in [0.25, 0.3) is 0 Å². The van der Waals surface area contributed by atoms with E-state index in [-0.39, 0.29) is 9.79 Å². The summed E-state index contributed by atoms with van der Waals surface area (Å²) in [4.78, 5) is 2.49. The Balaban J connectivity index is 2.49. The van der Waals surface area contributed by atoms with Gasteiger partial charge in [0.25, 0.3) is 0 Å². The van der Waals surface area contributed by atoms with E-state index in [1.165, 1.54) is 12.1 Å². The Morgan fingerprint density at radius 1 is 1.17 bits per heavy atom. The first-order valence-electron chi connectivity index (χ1n) is 6.31. The summed E-state index contributed by atoms with van der Waals surface area (Å²) in [5.74, 6) is 0. The molecule has 126 valence electrons. The van der Waals surface area contributed by atoms with Crippen LogP contribution in [0.5, 0.6) is 0 Å². The van der Waals surface area contributed by atoms with Gasteiger partial charge in [-0.15, -0.1) is 11.3 Å². The Kier molecular flexibility index (Phi) is 5.21. The molecule has 10 heteroatoms. The van der Waals surface area contributed by atoms with E-state index in [0.29, 0.717) is 12.2 Å².